The fourth-order valence-corrected chi connectivity index (χ4v) is 1.84. The predicted molar refractivity (Wildman–Crippen MR) is 66.3 cm³/mol. The van der Waals surface area contributed by atoms with Crippen molar-refractivity contribution in [2.75, 3.05) is 5.73 Å². The molecule has 2 aromatic carbocycles. The molecule has 0 amide bonds. The minimum Gasteiger partial charge on any atom is -0.398 e. The van der Waals surface area contributed by atoms with Crippen molar-refractivity contribution in [3.8, 4) is 11.1 Å². The summed E-state index contributed by atoms with van der Waals surface area (Å²) in [6.45, 7) is 0. The maximum Gasteiger partial charge on any atom is 0.0486 e. The average Bonchev–Trinajstić information content (AvgIpc) is 2.23. The van der Waals surface area contributed by atoms with E-state index in [-0.39, 0.29) is 0 Å². The van der Waals surface area contributed by atoms with Crippen LogP contribution in [0.3, 0.4) is 0 Å². The quantitative estimate of drug-likeness (QED) is 0.738. The van der Waals surface area contributed by atoms with Crippen LogP contribution in [0.25, 0.3) is 11.1 Å². The molecule has 0 fully saturated rings. The van der Waals surface area contributed by atoms with Crippen LogP contribution in [-0.2, 0) is 0 Å². The van der Waals surface area contributed by atoms with E-state index in [2.05, 4.69) is 0 Å². The van der Waals surface area contributed by atoms with Gasteiger partial charge < -0.3 is 5.73 Å². The van der Waals surface area contributed by atoms with Crippen molar-refractivity contribution in [3.05, 3.63) is 52.5 Å². The topological polar surface area (TPSA) is 26.0 Å². The fourth-order valence-electron chi connectivity index (χ4n) is 1.45. The Kier molecular flexibility index (Phi) is 2.85. The zero-order valence-corrected chi connectivity index (χ0v) is 9.39. The van der Waals surface area contributed by atoms with Gasteiger partial charge in [-0.25, -0.2) is 0 Å². The maximum absolute atomic E-state index is 6.09. The summed E-state index contributed by atoms with van der Waals surface area (Å²) in [7, 11) is 0. The molecule has 1 nitrogen and oxygen atoms in total. The van der Waals surface area contributed by atoms with Crippen LogP contribution in [0.5, 0.6) is 0 Å². The van der Waals surface area contributed by atoms with Crippen molar-refractivity contribution in [3.63, 3.8) is 0 Å². The van der Waals surface area contributed by atoms with Crippen molar-refractivity contribution in [1.82, 2.24) is 0 Å². The van der Waals surface area contributed by atoms with E-state index in [0.29, 0.717) is 15.7 Å². The van der Waals surface area contributed by atoms with Crippen LogP contribution in [-0.4, -0.2) is 0 Å². The van der Waals surface area contributed by atoms with Gasteiger partial charge in [0.05, 0.1) is 0 Å². The Labute approximate surface area is 98.4 Å². The molecule has 15 heavy (non-hydrogen) atoms. The van der Waals surface area contributed by atoms with E-state index in [9.17, 15) is 0 Å². The van der Waals surface area contributed by atoms with Gasteiger partial charge in [0.15, 0.2) is 0 Å². The van der Waals surface area contributed by atoms with E-state index in [1.54, 1.807) is 12.1 Å². The number of nitrogen functional groups attached to an aromatic ring is 1. The van der Waals surface area contributed by atoms with Crippen molar-refractivity contribution in [2.45, 2.75) is 0 Å². The summed E-state index contributed by atoms with van der Waals surface area (Å²) >= 11 is 12.0. The second-order valence-corrected chi connectivity index (χ2v) is 4.06. The molecule has 0 heterocycles. The lowest BCUT2D eigenvalue weighted by Gasteiger charge is -2.07. The summed E-state index contributed by atoms with van der Waals surface area (Å²) in [6, 6.07) is 12.9. The van der Waals surface area contributed by atoms with Crippen molar-refractivity contribution < 1.29 is 0 Å². The van der Waals surface area contributed by atoms with Crippen molar-refractivity contribution >= 4 is 28.9 Å². The highest BCUT2D eigenvalue weighted by molar-refractivity contribution is 6.35. The smallest absolute Gasteiger partial charge is 0.0486 e. The predicted octanol–water partition coefficient (Wildman–Crippen LogP) is 4.24. The van der Waals surface area contributed by atoms with E-state index in [0.717, 1.165) is 11.1 Å². The number of rotatable bonds is 1. The van der Waals surface area contributed by atoms with Crippen LogP contribution in [0, 0.1) is 0 Å². The summed E-state index contributed by atoms with van der Waals surface area (Å²) < 4.78 is 0. The summed E-state index contributed by atoms with van der Waals surface area (Å²) in [4.78, 5) is 0. The molecule has 0 bridgehead atoms. The van der Waals surface area contributed by atoms with Gasteiger partial charge in [0.1, 0.15) is 0 Å². The van der Waals surface area contributed by atoms with Gasteiger partial charge in [-0.3, -0.25) is 0 Å². The van der Waals surface area contributed by atoms with Gasteiger partial charge in [-0.1, -0.05) is 41.4 Å². The lowest BCUT2D eigenvalue weighted by Crippen LogP contribution is -1.89. The third-order valence-electron chi connectivity index (χ3n) is 2.18. The standard InChI is InChI=1S/C12H9Cl2N/c13-8-5-6-11(14)10(7-8)9-3-1-2-4-12(9)15/h1-7H,15H2. The highest BCUT2D eigenvalue weighted by Crippen LogP contribution is 2.33. The second kappa shape index (κ2) is 4.13. The van der Waals surface area contributed by atoms with E-state index >= 15 is 0 Å². The van der Waals surface area contributed by atoms with Gasteiger partial charge in [0.2, 0.25) is 0 Å². The number of para-hydroxylation sites is 1. The third kappa shape index (κ3) is 2.09. The maximum atomic E-state index is 6.09. The molecule has 0 aliphatic rings. The van der Waals surface area contributed by atoms with Gasteiger partial charge >= 0.3 is 0 Å². The Morgan fingerprint density at radius 3 is 2.33 bits per heavy atom. The van der Waals surface area contributed by atoms with E-state index in [4.69, 9.17) is 28.9 Å². The summed E-state index contributed by atoms with van der Waals surface area (Å²) in [6.07, 6.45) is 0. The molecule has 2 rings (SSSR count). The number of hydrogen-bond acceptors (Lipinski definition) is 1. The number of anilines is 1. The first-order chi connectivity index (χ1) is 7.18. The molecule has 0 aromatic heterocycles. The lowest BCUT2D eigenvalue weighted by molar-refractivity contribution is 1.61. The van der Waals surface area contributed by atoms with Crippen LogP contribution < -0.4 is 5.73 Å². The third-order valence-corrected chi connectivity index (χ3v) is 2.74. The van der Waals surface area contributed by atoms with Gasteiger partial charge in [-0.05, 0) is 24.3 Å². The zero-order chi connectivity index (χ0) is 10.8. The lowest BCUT2D eigenvalue weighted by atomic mass is 10.0. The van der Waals surface area contributed by atoms with Crippen LogP contribution in [0.15, 0.2) is 42.5 Å². The van der Waals surface area contributed by atoms with Crippen molar-refractivity contribution in [2.24, 2.45) is 0 Å². The monoisotopic (exact) mass is 237 g/mol. The average molecular weight is 238 g/mol. The minimum absolute atomic E-state index is 0.650. The Bertz CT molecular complexity index is 495. The van der Waals surface area contributed by atoms with E-state index in [1.165, 1.54) is 0 Å². The second-order valence-electron chi connectivity index (χ2n) is 3.21. The molecule has 2 N–H and O–H groups in total. The zero-order valence-electron chi connectivity index (χ0n) is 7.87. The highest BCUT2D eigenvalue weighted by atomic mass is 35.5. The Balaban J connectivity index is 2.64. The molecule has 0 unspecified atom stereocenters. The number of benzene rings is 2. The number of halogens is 2. The van der Waals surface area contributed by atoms with Crippen LogP contribution >= 0.6 is 23.2 Å². The first kappa shape index (κ1) is 10.3. The van der Waals surface area contributed by atoms with Gasteiger partial charge in [-0.15, -0.1) is 0 Å². The molecule has 2 aromatic rings. The van der Waals surface area contributed by atoms with Crippen molar-refractivity contribution in [1.29, 1.82) is 0 Å². The first-order valence-corrected chi connectivity index (χ1v) is 5.24. The Morgan fingerprint density at radius 2 is 1.60 bits per heavy atom. The summed E-state index contributed by atoms with van der Waals surface area (Å²) in [5.74, 6) is 0. The van der Waals surface area contributed by atoms with E-state index in [1.807, 2.05) is 30.3 Å². The number of nitrogens with two attached hydrogens (primary N) is 1. The molecule has 76 valence electrons. The van der Waals surface area contributed by atoms with Crippen LogP contribution in [0.1, 0.15) is 0 Å². The molecule has 0 aliphatic heterocycles. The molecule has 0 saturated heterocycles. The molecule has 0 aliphatic carbocycles. The number of hydrogen-bond donors (Lipinski definition) is 1. The summed E-state index contributed by atoms with van der Waals surface area (Å²) in [5.41, 5.74) is 8.34. The van der Waals surface area contributed by atoms with Crippen LogP contribution in [0.4, 0.5) is 5.69 Å². The van der Waals surface area contributed by atoms with Gasteiger partial charge in [-0.2, -0.15) is 0 Å². The van der Waals surface area contributed by atoms with E-state index < -0.39 is 0 Å². The fraction of sp³-hybridized carbons (Fsp3) is 0. The Hall–Kier alpha value is -1.18. The Morgan fingerprint density at radius 1 is 0.867 bits per heavy atom. The summed E-state index contributed by atoms with van der Waals surface area (Å²) in [5, 5.41) is 1.30. The molecular formula is C12H9Cl2N. The molecule has 0 spiro atoms. The SMILES string of the molecule is Nc1ccccc1-c1cc(Cl)ccc1Cl. The largest absolute Gasteiger partial charge is 0.398 e. The first-order valence-electron chi connectivity index (χ1n) is 4.48. The van der Waals surface area contributed by atoms with Gasteiger partial charge in [0, 0.05) is 26.9 Å². The molecule has 0 radical (unpaired) electrons. The van der Waals surface area contributed by atoms with Gasteiger partial charge in [0.25, 0.3) is 0 Å². The molecule has 3 heteroatoms. The van der Waals surface area contributed by atoms with Crippen LogP contribution in [0.2, 0.25) is 10.0 Å². The minimum atomic E-state index is 0.650. The molecule has 0 saturated carbocycles. The highest BCUT2D eigenvalue weighted by Gasteiger charge is 2.06. The molecule has 0 atom stereocenters. The molecular weight excluding hydrogens is 229 g/mol. The normalized spacial score (nSPS) is 10.3.